The summed E-state index contributed by atoms with van der Waals surface area (Å²) in [6, 6.07) is 4.56. The van der Waals surface area contributed by atoms with Crippen molar-refractivity contribution >= 4 is 23.2 Å². The largest absolute Gasteiger partial charge is 0.480 e. The second-order valence-corrected chi connectivity index (χ2v) is 5.84. The number of aliphatic hydroxyl groups is 1. The molecular weight excluding hydrogens is 292 g/mol. The summed E-state index contributed by atoms with van der Waals surface area (Å²) in [5.74, 6) is -1.43. The Hall–Kier alpha value is -2.12. The Morgan fingerprint density at radius 3 is 2.67 bits per heavy atom. The molecule has 1 aliphatic heterocycles. The van der Waals surface area contributed by atoms with Crippen molar-refractivity contribution in [2.75, 3.05) is 6.54 Å². The molecule has 1 aliphatic rings. The van der Waals surface area contributed by atoms with E-state index in [1.165, 1.54) is 16.2 Å². The van der Waals surface area contributed by atoms with E-state index in [0.717, 1.165) is 5.69 Å². The lowest BCUT2D eigenvalue weighted by Gasteiger charge is -2.21. The van der Waals surface area contributed by atoms with Gasteiger partial charge in [0.05, 0.1) is 11.8 Å². The molecule has 6 nitrogen and oxygen atoms in total. The number of rotatable bonds is 3. The zero-order chi connectivity index (χ0) is 15.0. The molecule has 0 radical (unpaired) electrons. The highest BCUT2D eigenvalue weighted by Crippen LogP contribution is 2.27. The summed E-state index contributed by atoms with van der Waals surface area (Å²) >= 11 is 1.27. The van der Waals surface area contributed by atoms with Crippen molar-refractivity contribution in [1.82, 2.24) is 9.47 Å². The van der Waals surface area contributed by atoms with Crippen molar-refractivity contribution in [2.24, 2.45) is 0 Å². The molecule has 2 unspecified atom stereocenters. The lowest BCUT2D eigenvalue weighted by Crippen LogP contribution is -2.40. The molecule has 0 aromatic carbocycles. The van der Waals surface area contributed by atoms with Crippen molar-refractivity contribution in [3.63, 3.8) is 0 Å². The van der Waals surface area contributed by atoms with Crippen LogP contribution >= 0.6 is 11.3 Å². The van der Waals surface area contributed by atoms with Crippen molar-refractivity contribution < 1.29 is 19.8 Å². The van der Waals surface area contributed by atoms with E-state index in [1.807, 2.05) is 35.2 Å². The Balaban J connectivity index is 1.93. The highest BCUT2D eigenvalue weighted by Gasteiger charge is 2.40. The van der Waals surface area contributed by atoms with Crippen LogP contribution in [0.15, 0.2) is 36.0 Å². The zero-order valence-corrected chi connectivity index (χ0v) is 11.9. The summed E-state index contributed by atoms with van der Waals surface area (Å²) < 4.78 is 1.81. The van der Waals surface area contributed by atoms with Gasteiger partial charge in [0.2, 0.25) is 0 Å². The van der Waals surface area contributed by atoms with Crippen LogP contribution in [-0.4, -0.2) is 50.2 Å². The minimum atomic E-state index is -1.08. The number of hydrogen-bond acceptors (Lipinski definition) is 4. The van der Waals surface area contributed by atoms with E-state index in [-0.39, 0.29) is 18.9 Å². The average Bonchev–Trinajstić information content (AvgIpc) is 3.17. The van der Waals surface area contributed by atoms with Gasteiger partial charge >= 0.3 is 5.97 Å². The van der Waals surface area contributed by atoms with Gasteiger partial charge in [-0.2, -0.15) is 0 Å². The Labute approximate surface area is 124 Å². The third kappa shape index (κ3) is 2.45. The number of amides is 1. The lowest BCUT2D eigenvalue weighted by atomic mass is 10.2. The Morgan fingerprint density at radius 1 is 1.29 bits per heavy atom. The number of aliphatic hydroxyl groups excluding tert-OH is 1. The summed E-state index contributed by atoms with van der Waals surface area (Å²) in [6.07, 6.45) is 2.94. The molecule has 110 valence electrons. The van der Waals surface area contributed by atoms with Gasteiger partial charge in [0.15, 0.2) is 0 Å². The molecule has 2 N–H and O–H groups in total. The monoisotopic (exact) mass is 306 g/mol. The number of nitrogens with zero attached hydrogens (tertiary/aromatic N) is 2. The van der Waals surface area contributed by atoms with Crippen molar-refractivity contribution in [1.29, 1.82) is 0 Å². The van der Waals surface area contributed by atoms with Crippen LogP contribution in [0.4, 0.5) is 0 Å². The molecule has 3 heterocycles. The van der Waals surface area contributed by atoms with Crippen molar-refractivity contribution in [3.8, 4) is 5.69 Å². The first kappa shape index (κ1) is 13.8. The molecule has 0 spiro atoms. The average molecular weight is 306 g/mol. The Kier molecular flexibility index (Phi) is 3.52. The number of aromatic nitrogens is 1. The predicted octanol–water partition coefficient (Wildman–Crippen LogP) is 1.20. The van der Waals surface area contributed by atoms with E-state index in [1.54, 1.807) is 5.38 Å². The van der Waals surface area contributed by atoms with E-state index < -0.39 is 18.1 Å². The summed E-state index contributed by atoms with van der Waals surface area (Å²) in [7, 11) is 0. The third-order valence-electron chi connectivity index (χ3n) is 3.55. The summed E-state index contributed by atoms with van der Waals surface area (Å²) in [5, 5.41) is 20.7. The molecule has 7 heteroatoms. The standard InChI is InChI=1S/C14H14N2O4S/c17-9-7-11(14(19)20)16(8-9)13(18)12-10(3-6-21-12)15-4-1-2-5-15/h1-6,9,11,17H,7-8H2,(H,19,20). The van der Waals surface area contributed by atoms with Crippen LogP contribution < -0.4 is 0 Å². The van der Waals surface area contributed by atoms with Gasteiger partial charge in [-0.1, -0.05) is 0 Å². The number of carbonyl (C=O) groups is 2. The van der Waals surface area contributed by atoms with E-state index in [2.05, 4.69) is 0 Å². The van der Waals surface area contributed by atoms with Crippen LogP contribution in [0.3, 0.4) is 0 Å². The molecule has 0 aliphatic carbocycles. The highest BCUT2D eigenvalue weighted by molar-refractivity contribution is 7.12. The van der Waals surface area contributed by atoms with Crippen LogP contribution in [0.2, 0.25) is 0 Å². The molecule has 0 bridgehead atoms. The zero-order valence-electron chi connectivity index (χ0n) is 11.0. The first-order valence-corrected chi connectivity index (χ1v) is 7.38. The van der Waals surface area contributed by atoms with Gasteiger partial charge in [0, 0.05) is 25.4 Å². The Morgan fingerprint density at radius 2 is 2.00 bits per heavy atom. The van der Waals surface area contributed by atoms with Gasteiger partial charge < -0.3 is 19.7 Å². The maximum atomic E-state index is 12.6. The van der Waals surface area contributed by atoms with Crippen LogP contribution in [0, 0.1) is 0 Å². The number of carbonyl (C=O) groups excluding carboxylic acids is 1. The van der Waals surface area contributed by atoms with Crippen molar-refractivity contribution in [2.45, 2.75) is 18.6 Å². The molecule has 2 aromatic heterocycles. The Bertz CT molecular complexity index is 664. The molecule has 0 saturated carbocycles. The first-order valence-electron chi connectivity index (χ1n) is 6.50. The number of hydrogen-bond donors (Lipinski definition) is 2. The maximum Gasteiger partial charge on any atom is 0.326 e. The van der Waals surface area contributed by atoms with Crippen LogP contribution in [-0.2, 0) is 4.79 Å². The third-order valence-corrected chi connectivity index (χ3v) is 4.44. The summed E-state index contributed by atoms with van der Waals surface area (Å²) in [6.45, 7) is 0.0544. The number of aliphatic carboxylic acids is 1. The smallest absolute Gasteiger partial charge is 0.326 e. The molecule has 1 saturated heterocycles. The fraction of sp³-hybridized carbons (Fsp3) is 0.286. The van der Waals surface area contributed by atoms with E-state index >= 15 is 0 Å². The maximum absolute atomic E-state index is 12.6. The van der Waals surface area contributed by atoms with Crippen molar-refractivity contribution in [3.05, 3.63) is 40.8 Å². The first-order chi connectivity index (χ1) is 10.1. The SMILES string of the molecule is O=C(O)C1CC(O)CN1C(=O)c1sccc1-n1cccc1. The van der Waals surface area contributed by atoms with E-state index in [4.69, 9.17) is 0 Å². The topological polar surface area (TPSA) is 82.8 Å². The molecule has 1 fully saturated rings. The van der Waals surface area contributed by atoms with Gasteiger partial charge in [-0.25, -0.2) is 4.79 Å². The van der Waals surface area contributed by atoms with Gasteiger partial charge in [0.25, 0.3) is 5.91 Å². The summed E-state index contributed by atoms with van der Waals surface area (Å²) in [5.41, 5.74) is 0.723. The fourth-order valence-corrected chi connectivity index (χ4v) is 3.41. The van der Waals surface area contributed by atoms with E-state index in [9.17, 15) is 19.8 Å². The molecule has 2 atom stereocenters. The molecule has 21 heavy (non-hydrogen) atoms. The van der Waals surface area contributed by atoms with E-state index in [0.29, 0.717) is 4.88 Å². The minimum absolute atomic E-state index is 0.0544. The van der Waals surface area contributed by atoms with Gasteiger partial charge in [-0.3, -0.25) is 4.79 Å². The summed E-state index contributed by atoms with van der Waals surface area (Å²) in [4.78, 5) is 25.6. The molecular formula is C14H14N2O4S. The minimum Gasteiger partial charge on any atom is -0.480 e. The van der Waals surface area contributed by atoms with Gasteiger partial charge in [-0.05, 0) is 23.6 Å². The quantitative estimate of drug-likeness (QED) is 0.892. The predicted molar refractivity (Wildman–Crippen MR) is 76.7 cm³/mol. The molecule has 2 aromatic rings. The van der Waals surface area contributed by atoms with Gasteiger partial charge in [-0.15, -0.1) is 11.3 Å². The molecule has 1 amide bonds. The lowest BCUT2D eigenvalue weighted by molar-refractivity contribution is -0.141. The van der Waals surface area contributed by atoms with Crippen LogP contribution in [0.25, 0.3) is 5.69 Å². The van der Waals surface area contributed by atoms with Crippen LogP contribution in [0.1, 0.15) is 16.1 Å². The van der Waals surface area contributed by atoms with Crippen LogP contribution in [0.5, 0.6) is 0 Å². The second-order valence-electron chi connectivity index (χ2n) is 4.93. The van der Waals surface area contributed by atoms with Gasteiger partial charge in [0.1, 0.15) is 10.9 Å². The number of carboxylic acids is 1. The number of carboxylic acid groups (broad SMARTS) is 1. The highest BCUT2D eigenvalue weighted by atomic mass is 32.1. The molecule has 3 rings (SSSR count). The number of likely N-dealkylation sites (tertiary alicyclic amines) is 1. The number of β-amino-alcohol motifs (C(OH)–C–C–N with tert-alkyl or cyclic N) is 1. The fourth-order valence-electron chi connectivity index (χ4n) is 2.56. The second kappa shape index (κ2) is 5.34. The normalized spacial score (nSPS) is 21.7. The number of thiophene rings is 1.